The summed E-state index contributed by atoms with van der Waals surface area (Å²) in [5, 5.41) is 22.0. The number of unbranched alkanes of at least 4 members (excludes halogenated alkanes) is 2. The molecule has 15 heteroatoms. The number of nitrogens with one attached hydrogen (secondary N) is 4. The summed E-state index contributed by atoms with van der Waals surface area (Å²) < 4.78 is 9.56. The van der Waals surface area contributed by atoms with Crippen LogP contribution in [0.5, 0.6) is 0 Å². The first kappa shape index (κ1) is 45.6. The van der Waals surface area contributed by atoms with Crippen molar-refractivity contribution >= 4 is 29.9 Å². The first-order chi connectivity index (χ1) is 26.6. The van der Waals surface area contributed by atoms with Crippen molar-refractivity contribution in [3.63, 3.8) is 0 Å². The number of urea groups is 1. The van der Waals surface area contributed by atoms with E-state index in [0.29, 0.717) is 37.9 Å². The van der Waals surface area contributed by atoms with Gasteiger partial charge in [-0.2, -0.15) is 0 Å². The maximum absolute atomic E-state index is 14.6. The number of rotatable bonds is 21. The summed E-state index contributed by atoms with van der Waals surface area (Å²) in [6.07, 6.45) is 1.01. The fourth-order valence-corrected chi connectivity index (χ4v) is 6.84. The number of esters is 1. The minimum Gasteiger partial charge on any atom is -0.469 e. The first-order valence-electron chi connectivity index (χ1n) is 19.5. The molecule has 0 aliphatic carbocycles. The van der Waals surface area contributed by atoms with Gasteiger partial charge >= 0.3 is 18.1 Å². The second-order valence-corrected chi connectivity index (χ2v) is 15.6. The van der Waals surface area contributed by atoms with Crippen LogP contribution in [0.4, 0.5) is 9.59 Å². The highest BCUT2D eigenvalue weighted by molar-refractivity contribution is 5.86. The number of aliphatic hydroxyl groups excluding tert-OH is 1. The molecule has 5 amide bonds. The largest absolute Gasteiger partial charge is 0.469 e. The van der Waals surface area contributed by atoms with Crippen molar-refractivity contribution in [3.8, 4) is 0 Å². The number of aryl methyl sites for hydroxylation is 1. The molecule has 2 heterocycles. The summed E-state index contributed by atoms with van der Waals surface area (Å²) in [5.41, 5.74) is 4.79. The number of benzene rings is 1. The summed E-state index contributed by atoms with van der Waals surface area (Å²) in [6, 6.07) is 12.4. The van der Waals surface area contributed by atoms with E-state index < -0.39 is 47.6 Å². The van der Waals surface area contributed by atoms with Gasteiger partial charge in [0, 0.05) is 25.2 Å². The van der Waals surface area contributed by atoms with Gasteiger partial charge in [-0.3, -0.25) is 24.4 Å². The highest BCUT2D eigenvalue weighted by Crippen LogP contribution is 2.28. The van der Waals surface area contributed by atoms with Gasteiger partial charge in [-0.25, -0.2) is 15.0 Å². The number of carbonyl (C=O) groups is 5. The fraction of sp³-hybridized carbons (Fsp3) is 0.610. The SMILES string of the molecule is CCC(C)C(C(=O)NC(Cc1ccccc1)C(O)CN(NCCCCCC(=O)OC)C(=O)C(NC(=O)OC)C(C)(C)C)C1CNC(=O)N1Cc1cccc(C)n1. The van der Waals surface area contributed by atoms with Crippen molar-refractivity contribution in [2.24, 2.45) is 17.3 Å². The number of aliphatic hydroxyl groups is 1. The fourth-order valence-electron chi connectivity index (χ4n) is 6.84. The highest BCUT2D eigenvalue weighted by atomic mass is 16.5. The third-order valence-electron chi connectivity index (χ3n) is 10.3. The lowest BCUT2D eigenvalue weighted by atomic mass is 9.83. The monoisotopic (exact) mass is 781 g/mol. The predicted molar refractivity (Wildman–Crippen MR) is 212 cm³/mol. The maximum atomic E-state index is 14.6. The summed E-state index contributed by atoms with van der Waals surface area (Å²) in [7, 11) is 2.56. The molecule has 0 bridgehead atoms. The van der Waals surface area contributed by atoms with Crippen LogP contribution in [-0.4, -0.2) is 108 Å². The molecular weight excluding hydrogens is 718 g/mol. The number of carbonyl (C=O) groups excluding carboxylic acids is 5. The highest BCUT2D eigenvalue weighted by Gasteiger charge is 2.43. The van der Waals surface area contributed by atoms with Crippen molar-refractivity contribution in [1.82, 2.24) is 36.3 Å². The molecule has 0 saturated carbocycles. The number of hydrogen-bond acceptors (Lipinski definition) is 10. The molecule has 1 aliphatic heterocycles. The van der Waals surface area contributed by atoms with E-state index in [-0.39, 0.29) is 56.3 Å². The molecule has 2 aromatic rings. The molecule has 15 nitrogen and oxygen atoms in total. The Kier molecular flexibility index (Phi) is 18.0. The van der Waals surface area contributed by atoms with E-state index in [1.807, 2.05) is 69.3 Å². The topological polar surface area (TPSA) is 192 Å². The van der Waals surface area contributed by atoms with Crippen LogP contribution in [0.2, 0.25) is 0 Å². The van der Waals surface area contributed by atoms with E-state index in [0.717, 1.165) is 11.3 Å². The Labute approximate surface area is 331 Å². The molecule has 56 heavy (non-hydrogen) atoms. The Morgan fingerprint density at radius 1 is 1.02 bits per heavy atom. The van der Waals surface area contributed by atoms with E-state index in [2.05, 4.69) is 26.4 Å². The van der Waals surface area contributed by atoms with Crippen LogP contribution in [0.25, 0.3) is 0 Å². The molecule has 6 unspecified atom stereocenters. The van der Waals surface area contributed by atoms with Gasteiger partial charge in [0.05, 0.1) is 57.1 Å². The molecule has 310 valence electrons. The van der Waals surface area contributed by atoms with Gasteiger partial charge in [-0.05, 0) is 55.2 Å². The Balaban J connectivity index is 1.93. The Morgan fingerprint density at radius 3 is 2.36 bits per heavy atom. The minimum absolute atomic E-state index is 0.133. The lowest BCUT2D eigenvalue weighted by Crippen LogP contribution is -2.61. The molecule has 6 atom stereocenters. The van der Waals surface area contributed by atoms with E-state index in [9.17, 15) is 29.1 Å². The second kappa shape index (κ2) is 22.1. The number of nitrogens with zero attached hydrogens (tertiary/aromatic N) is 3. The van der Waals surface area contributed by atoms with Crippen molar-refractivity contribution < 1.29 is 38.6 Å². The summed E-state index contributed by atoms with van der Waals surface area (Å²) in [6.45, 7) is 11.9. The number of ether oxygens (including phenoxy) is 2. The lowest BCUT2D eigenvalue weighted by molar-refractivity contribution is -0.142. The lowest BCUT2D eigenvalue weighted by Gasteiger charge is -2.37. The summed E-state index contributed by atoms with van der Waals surface area (Å²) in [5.74, 6) is -1.89. The zero-order valence-electron chi connectivity index (χ0n) is 34.3. The Bertz CT molecular complexity index is 1590. The summed E-state index contributed by atoms with van der Waals surface area (Å²) >= 11 is 0. The number of hydrogen-bond donors (Lipinski definition) is 5. The predicted octanol–water partition coefficient (Wildman–Crippen LogP) is 3.87. The van der Waals surface area contributed by atoms with Crippen LogP contribution < -0.4 is 21.4 Å². The van der Waals surface area contributed by atoms with Gasteiger partial charge in [0.1, 0.15) is 6.04 Å². The van der Waals surface area contributed by atoms with Crippen molar-refractivity contribution in [1.29, 1.82) is 0 Å². The Hall–Kier alpha value is -4.76. The number of amides is 5. The molecule has 1 saturated heterocycles. The third kappa shape index (κ3) is 13.8. The number of hydrazine groups is 1. The number of alkyl carbamates (subject to hydrolysis) is 1. The molecule has 1 aromatic carbocycles. The maximum Gasteiger partial charge on any atom is 0.407 e. The minimum atomic E-state index is -1.28. The average Bonchev–Trinajstić information content (AvgIpc) is 3.51. The third-order valence-corrected chi connectivity index (χ3v) is 10.3. The first-order valence-corrected chi connectivity index (χ1v) is 19.5. The quantitative estimate of drug-likeness (QED) is 0.0706. The average molecular weight is 782 g/mol. The normalized spacial score (nSPS) is 16.8. The molecule has 1 aliphatic rings. The van der Waals surface area contributed by atoms with Gasteiger partial charge in [-0.15, -0.1) is 0 Å². The van der Waals surface area contributed by atoms with E-state index in [1.54, 1.807) is 25.7 Å². The van der Waals surface area contributed by atoms with Gasteiger partial charge < -0.3 is 35.4 Å². The number of methoxy groups -OCH3 is 2. The molecule has 5 N–H and O–H groups in total. The van der Waals surface area contributed by atoms with Crippen molar-refractivity contribution in [2.75, 3.05) is 33.9 Å². The second-order valence-electron chi connectivity index (χ2n) is 15.6. The van der Waals surface area contributed by atoms with E-state index >= 15 is 0 Å². The van der Waals surface area contributed by atoms with Gasteiger partial charge in [0.25, 0.3) is 5.91 Å². The van der Waals surface area contributed by atoms with Gasteiger partial charge in [-0.1, -0.05) is 83.9 Å². The molecular formula is C41H63N7O8. The van der Waals surface area contributed by atoms with Crippen LogP contribution in [0.3, 0.4) is 0 Å². The van der Waals surface area contributed by atoms with E-state index in [4.69, 9.17) is 9.47 Å². The zero-order chi connectivity index (χ0) is 41.4. The number of aromatic nitrogens is 1. The van der Waals surface area contributed by atoms with Crippen LogP contribution >= 0.6 is 0 Å². The van der Waals surface area contributed by atoms with Crippen LogP contribution in [0.15, 0.2) is 48.5 Å². The molecule has 1 aromatic heterocycles. The van der Waals surface area contributed by atoms with E-state index in [1.165, 1.54) is 19.2 Å². The summed E-state index contributed by atoms with van der Waals surface area (Å²) in [4.78, 5) is 72.2. The van der Waals surface area contributed by atoms with Gasteiger partial charge in [0.15, 0.2) is 0 Å². The smallest absolute Gasteiger partial charge is 0.407 e. The molecule has 3 rings (SSSR count). The molecule has 0 spiro atoms. The molecule has 1 fully saturated rings. The van der Waals surface area contributed by atoms with Crippen molar-refractivity contribution in [2.45, 2.75) is 111 Å². The zero-order valence-corrected chi connectivity index (χ0v) is 34.3. The Morgan fingerprint density at radius 2 is 1.73 bits per heavy atom. The van der Waals surface area contributed by atoms with Crippen molar-refractivity contribution in [3.05, 3.63) is 65.5 Å². The van der Waals surface area contributed by atoms with Crippen LogP contribution in [-0.2, 0) is 36.8 Å². The molecule has 0 radical (unpaired) electrons. The van der Waals surface area contributed by atoms with Crippen LogP contribution in [0, 0.1) is 24.2 Å². The standard InChI is InChI=1S/C41H63N7O8/c1-9-27(2)35(32-24-42-39(53)47(32)25-30-20-16-17-28(3)44-30)37(51)45-31(23-29-18-12-10-13-19-29)33(49)26-48(43-22-15-11-14-21-34(50)55-7)38(52)36(41(4,5)6)46-40(54)56-8/h10,12-13,16-20,27,31-33,35-36,43,49H,9,11,14-15,21-26H2,1-8H3,(H,42,53)(H,45,51)(H,46,54). The van der Waals surface area contributed by atoms with Crippen LogP contribution in [0.1, 0.15) is 83.7 Å². The number of pyridine rings is 1. The van der Waals surface area contributed by atoms with Gasteiger partial charge in [0.2, 0.25) is 5.91 Å².